The van der Waals surface area contributed by atoms with E-state index in [2.05, 4.69) is 55.5 Å². The van der Waals surface area contributed by atoms with E-state index in [4.69, 9.17) is 14.2 Å². The first kappa shape index (κ1) is 44.0. The molecular weight excluding hydrogens is 564 g/mol. The number of carbonyl (C=O) groups excluding carboxylic acids is 3. The summed E-state index contributed by atoms with van der Waals surface area (Å²) in [6.45, 7) is 13.8. The van der Waals surface area contributed by atoms with Gasteiger partial charge in [0.05, 0.1) is 0 Å². The monoisotopic (exact) mass is 628 g/mol. The molecule has 6 nitrogen and oxygen atoms in total. The zero-order chi connectivity index (χ0) is 34.0. The van der Waals surface area contributed by atoms with Gasteiger partial charge in [0.1, 0.15) is 13.2 Å². The summed E-state index contributed by atoms with van der Waals surface area (Å²) in [6, 6.07) is 8.29. The highest BCUT2D eigenvalue weighted by Gasteiger charge is 2.19. The molecule has 6 heteroatoms. The minimum atomic E-state index is -0.808. The predicted octanol–water partition coefficient (Wildman–Crippen LogP) is 10.2. The third-order valence-corrected chi connectivity index (χ3v) is 6.37. The number of unbranched alkanes of at least 4 members (excludes halogenated alkanes) is 3. The maximum atomic E-state index is 12.5. The van der Waals surface area contributed by atoms with Crippen LogP contribution in [0.1, 0.15) is 137 Å². The lowest BCUT2D eigenvalue weighted by molar-refractivity contribution is -0.166. The van der Waals surface area contributed by atoms with Crippen LogP contribution in [0.25, 0.3) is 0 Å². The second kappa shape index (κ2) is 33.7. The highest BCUT2D eigenvalue weighted by Crippen LogP contribution is 2.14. The number of esters is 3. The predicted molar refractivity (Wildman–Crippen MR) is 188 cm³/mol. The van der Waals surface area contributed by atoms with E-state index in [0.29, 0.717) is 32.1 Å². The number of aryl methyl sites for hydroxylation is 1. The second-order valence-corrected chi connectivity index (χ2v) is 10.2. The van der Waals surface area contributed by atoms with Crippen molar-refractivity contribution in [3.05, 3.63) is 71.8 Å². The summed E-state index contributed by atoms with van der Waals surface area (Å²) in [5.41, 5.74) is 2.46. The Balaban J connectivity index is 0. The number of ether oxygens (including phenoxy) is 3. The number of rotatable bonds is 23. The van der Waals surface area contributed by atoms with Gasteiger partial charge >= 0.3 is 17.9 Å². The van der Waals surface area contributed by atoms with E-state index in [0.717, 1.165) is 25.7 Å². The van der Waals surface area contributed by atoms with Crippen molar-refractivity contribution >= 4 is 17.9 Å². The first-order chi connectivity index (χ1) is 22.0. The topological polar surface area (TPSA) is 78.9 Å². The Bertz CT molecular complexity index is 925. The van der Waals surface area contributed by atoms with Crippen molar-refractivity contribution in [1.29, 1.82) is 0 Å². The van der Waals surface area contributed by atoms with Crippen LogP contribution in [0.15, 0.2) is 60.7 Å². The number of benzene rings is 1. The van der Waals surface area contributed by atoms with Crippen molar-refractivity contribution < 1.29 is 28.6 Å². The van der Waals surface area contributed by atoms with Crippen molar-refractivity contribution in [2.75, 3.05) is 13.2 Å². The average molecular weight is 629 g/mol. The van der Waals surface area contributed by atoms with Crippen LogP contribution in [0.5, 0.6) is 0 Å². The van der Waals surface area contributed by atoms with Crippen LogP contribution in [0.2, 0.25) is 0 Å². The lowest BCUT2D eigenvalue weighted by Crippen LogP contribution is -2.30. The summed E-state index contributed by atoms with van der Waals surface area (Å²) < 4.78 is 15.9. The third-order valence-electron chi connectivity index (χ3n) is 6.37. The van der Waals surface area contributed by atoms with Crippen LogP contribution in [0.4, 0.5) is 0 Å². The van der Waals surface area contributed by atoms with E-state index >= 15 is 0 Å². The molecule has 0 aliphatic heterocycles. The molecule has 0 unspecified atom stereocenters. The van der Waals surface area contributed by atoms with Gasteiger partial charge in [0.2, 0.25) is 0 Å². The molecule has 1 rings (SSSR count). The van der Waals surface area contributed by atoms with Crippen LogP contribution in [-0.4, -0.2) is 37.2 Å². The standard InChI is InChI=1S/C35H52O6.2C2H6/c1-4-7-8-9-10-11-12-13-14-15-16-17-23-30-24-18-19-25-31(30)26-20-27-35(38)41-32(28-39-33(36)21-5-2)29-40-34(37)22-6-3;2*1-2/h10-11,13-14,16-19,24-25,32H,4-9,12,15,20-23,26-29H2,1-3H3;2*1-2H3/b11-10-,14-13-,17-16-;;. The normalized spacial score (nSPS) is 10.8. The van der Waals surface area contributed by atoms with Gasteiger partial charge in [-0.15, -0.1) is 0 Å². The van der Waals surface area contributed by atoms with E-state index in [1.54, 1.807) is 0 Å². The van der Waals surface area contributed by atoms with Crippen molar-refractivity contribution in [3.63, 3.8) is 0 Å². The SMILES string of the molecule is CC.CC.CCCCC/C=C\C/C=C\C/C=C\Cc1ccccc1CCCC(=O)OC(COC(=O)CCC)COC(=O)CCC. The van der Waals surface area contributed by atoms with Gasteiger partial charge in [-0.1, -0.05) is 122 Å². The van der Waals surface area contributed by atoms with Gasteiger partial charge < -0.3 is 14.2 Å². The van der Waals surface area contributed by atoms with E-state index in [-0.39, 0.29) is 31.6 Å². The largest absolute Gasteiger partial charge is 0.462 e. The van der Waals surface area contributed by atoms with Crippen molar-refractivity contribution in [2.24, 2.45) is 0 Å². The molecule has 0 N–H and O–H groups in total. The molecule has 0 radical (unpaired) electrons. The molecule has 0 aromatic heterocycles. The molecule has 45 heavy (non-hydrogen) atoms. The smallest absolute Gasteiger partial charge is 0.306 e. The molecule has 0 saturated carbocycles. The highest BCUT2D eigenvalue weighted by molar-refractivity contribution is 5.71. The molecule has 1 aromatic carbocycles. The summed E-state index contributed by atoms with van der Waals surface area (Å²) in [7, 11) is 0. The number of hydrogen-bond acceptors (Lipinski definition) is 6. The molecular formula is C39H64O6. The highest BCUT2D eigenvalue weighted by atomic mass is 16.6. The first-order valence-corrected chi connectivity index (χ1v) is 17.5. The van der Waals surface area contributed by atoms with E-state index < -0.39 is 12.1 Å². The Kier molecular flexibility index (Phi) is 33.0. The molecule has 0 saturated heterocycles. The van der Waals surface area contributed by atoms with Gasteiger partial charge in [-0.3, -0.25) is 14.4 Å². The first-order valence-electron chi connectivity index (χ1n) is 17.5. The Hall–Kier alpha value is -3.15. The fraction of sp³-hybridized carbons (Fsp3) is 0.615. The molecule has 0 spiro atoms. The zero-order valence-corrected chi connectivity index (χ0v) is 29.6. The van der Waals surface area contributed by atoms with Gasteiger partial charge in [-0.25, -0.2) is 0 Å². The van der Waals surface area contributed by atoms with Gasteiger partial charge in [0.15, 0.2) is 6.10 Å². The molecule has 0 aliphatic rings. The minimum absolute atomic E-state index is 0.121. The van der Waals surface area contributed by atoms with Crippen LogP contribution < -0.4 is 0 Å². The summed E-state index contributed by atoms with van der Waals surface area (Å²) >= 11 is 0. The molecule has 0 atom stereocenters. The van der Waals surface area contributed by atoms with E-state index in [1.165, 1.54) is 36.8 Å². The molecule has 0 aliphatic carbocycles. The van der Waals surface area contributed by atoms with Crippen LogP contribution in [-0.2, 0) is 41.4 Å². The summed E-state index contributed by atoms with van der Waals surface area (Å²) in [6.07, 6.45) is 23.8. The van der Waals surface area contributed by atoms with Crippen LogP contribution in [0.3, 0.4) is 0 Å². The molecule has 0 fully saturated rings. The Morgan fingerprint density at radius 2 is 1.16 bits per heavy atom. The van der Waals surface area contributed by atoms with Crippen molar-refractivity contribution in [3.8, 4) is 0 Å². The van der Waals surface area contributed by atoms with Crippen LogP contribution >= 0.6 is 0 Å². The zero-order valence-electron chi connectivity index (χ0n) is 29.6. The van der Waals surface area contributed by atoms with E-state index in [1.807, 2.05) is 53.7 Å². The Morgan fingerprint density at radius 3 is 1.71 bits per heavy atom. The summed E-state index contributed by atoms with van der Waals surface area (Å²) in [4.78, 5) is 36.1. The fourth-order valence-corrected chi connectivity index (χ4v) is 4.09. The van der Waals surface area contributed by atoms with Crippen molar-refractivity contribution in [2.45, 2.75) is 144 Å². The Labute approximate surface area is 275 Å². The Morgan fingerprint density at radius 1 is 0.622 bits per heavy atom. The van der Waals surface area contributed by atoms with Gasteiger partial charge in [0.25, 0.3) is 0 Å². The van der Waals surface area contributed by atoms with Crippen molar-refractivity contribution in [1.82, 2.24) is 0 Å². The van der Waals surface area contributed by atoms with Gasteiger partial charge in [-0.05, 0) is 68.9 Å². The lowest BCUT2D eigenvalue weighted by atomic mass is 9.99. The number of carbonyl (C=O) groups is 3. The maximum absolute atomic E-state index is 12.5. The molecule has 256 valence electrons. The fourth-order valence-electron chi connectivity index (χ4n) is 4.09. The molecule has 0 amide bonds. The second-order valence-electron chi connectivity index (χ2n) is 10.2. The number of hydrogen-bond donors (Lipinski definition) is 0. The van der Waals surface area contributed by atoms with Crippen LogP contribution in [0, 0.1) is 0 Å². The van der Waals surface area contributed by atoms with Gasteiger partial charge in [0, 0.05) is 19.3 Å². The van der Waals surface area contributed by atoms with Gasteiger partial charge in [-0.2, -0.15) is 0 Å². The average Bonchev–Trinajstić information content (AvgIpc) is 3.05. The molecule has 0 bridgehead atoms. The lowest BCUT2D eigenvalue weighted by Gasteiger charge is -2.18. The summed E-state index contributed by atoms with van der Waals surface area (Å²) in [5.74, 6) is -1.12. The van der Waals surface area contributed by atoms with E-state index in [9.17, 15) is 14.4 Å². The number of allylic oxidation sites excluding steroid dienone is 6. The maximum Gasteiger partial charge on any atom is 0.306 e. The quantitative estimate of drug-likeness (QED) is 0.0519. The summed E-state index contributed by atoms with van der Waals surface area (Å²) in [5, 5.41) is 0. The third kappa shape index (κ3) is 26.9. The molecule has 0 heterocycles. The minimum Gasteiger partial charge on any atom is -0.462 e. The molecule has 1 aromatic rings.